The fourth-order valence-electron chi connectivity index (χ4n) is 6.38. The topological polar surface area (TPSA) is 97.6 Å². The molecule has 7 rings (SSSR count). The van der Waals surface area contributed by atoms with E-state index in [0.29, 0.717) is 5.56 Å². The van der Waals surface area contributed by atoms with E-state index in [4.69, 9.17) is 0 Å². The Morgan fingerprint density at radius 2 is 1.47 bits per heavy atom. The molecule has 1 saturated heterocycles. The number of nitro benzene ring substituents is 1. The standard InChI is InChI=1S/C27H20N2O5/c1-14-11-20(21(29(33)34)12-15(14)2)28-25(31)23-22-16-7-3-5-9-18(16)27(13-30,24(23)26(28)32)19-10-6-4-8-17(19)22/h3-13,22-24H,1-2H3/t22?,23-,24-,27?/m1/s1. The maximum atomic E-state index is 14.0. The minimum Gasteiger partial charge on any atom is -0.302 e. The summed E-state index contributed by atoms with van der Waals surface area (Å²) < 4.78 is 0. The minimum absolute atomic E-state index is 0.0361. The Kier molecular flexibility index (Phi) is 4.03. The number of rotatable bonds is 3. The number of anilines is 1. The second kappa shape index (κ2) is 6.70. The quantitative estimate of drug-likeness (QED) is 0.259. The molecule has 7 nitrogen and oxygen atoms in total. The first-order valence-electron chi connectivity index (χ1n) is 11.1. The first-order chi connectivity index (χ1) is 16.3. The zero-order valence-electron chi connectivity index (χ0n) is 18.5. The Bertz CT molecular complexity index is 1410. The lowest BCUT2D eigenvalue weighted by atomic mass is 9.48. The van der Waals surface area contributed by atoms with Gasteiger partial charge >= 0.3 is 0 Å². The van der Waals surface area contributed by atoms with E-state index in [2.05, 4.69) is 0 Å². The molecule has 1 fully saturated rings. The average Bonchev–Trinajstić information content (AvgIpc) is 3.11. The van der Waals surface area contributed by atoms with Gasteiger partial charge in [0.15, 0.2) is 0 Å². The van der Waals surface area contributed by atoms with Crippen LogP contribution < -0.4 is 4.90 Å². The molecule has 3 aromatic rings. The van der Waals surface area contributed by atoms with Crippen LogP contribution in [0.25, 0.3) is 0 Å². The molecule has 2 atom stereocenters. The molecule has 3 aliphatic carbocycles. The van der Waals surface area contributed by atoms with E-state index < -0.39 is 39.9 Å². The molecule has 4 aliphatic rings. The summed E-state index contributed by atoms with van der Waals surface area (Å²) in [5, 5.41) is 11.9. The highest BCUT2D eigenvalue weighted by molar-refractivity contribution is 6.25. The van der Waals surface area contributed by atoms with Gasteiger partial charge in [0.05, 0.1) is 22.2 Å². The largest absolute Gasteiger partial charge is 0.302 e. The van der Waals surface area contributed by atoms with Crippen LogP contribution in [0.1, 0.15) is 39.3 Å². The lowest BCUT2D eigenvalue weighted by molar-refractivity contribution is -0.384. The highest BCUT2D eigenvalue weighted by atomic mass is 16.6. The summed E-state index contributed by atoms with van der Waals surface area (Å²) in [5.74, 6) is -3.26. The zero-order valence-corrected chi connectivity index (χ0v) is 18.5. The highest BCUT2D eigenvalue weighted by Crippen LogP contribution is 2.63. The van der Waals surface area contributed by atoms with E-state index in [1.807, 2.05) is 48.5 Å². The van der Waals surface area contributed by atoms with E-state index in [0.717, 1.165) is 39.0 Å². The number of imide groups is 1. The lowest BCUT2D eigenvalue weighted by Crippen LogP contribution is -2.54. The van der Waals surface area contributed by atoms with Gasteiger partial charge in [-0.05, 0) is 53.3 Å². The van der Waals surface area contributed by atoms with Gasteiger partial charge in [-0.3, -0.25) is 19.7 Å². The fraction of sp³-hybridized carbons (Fsp3) is 0.222. The van der Waals surface area contributed by atoms with Crippen molar-refractivity contribution in [2.75, 3.05) is 4.90 Å². The van der Waals surface area contributed by atoms with Crippen LogP contribution in [-0.2, 0) is 19.8 Å². The first-order valence-corrected chi connectivity index (χ1v) is 11.1. The highest BCUT2D eigenvalue weighted by Gasteiger charge is 2.68. The number of hydrogen-bond donors (Lipinski definition) is 0. The Labute approximate surface area is 195 Å². The molecule has 0 aromatic heterocycles. The van der Waals surface area contributed by atoms with Crippen LogP contribution in [-0.4, -0.2) is 23.0 Å². The molecular formula is C27H20N2O5. The Morgan fingerprint density at radius 3 is 2.03 bits per heavy atom. The maximum Gasteiger partial charge on any atom is 0.293 e. The smallest absolute Gasteiger partial charge is 0.293 e. The third kappa shape index (κ3) is 2.24. The van der Waals surface area contributed by atoms with Crippen molar-refractivity contribution in [2.24, 2.45) is 11.8 Å². The van der Waals surface area contributed by atoms with Crippen molar-refractivity contribution in [3.63, 3.8) is 0 Å². The maximum absolute atomic E-state index is 14.0. The molecule has 2 bridgehead atoms. The van der Waals surface area contributed by atoms with E-state index >= 15 is 0 Å². The molecule has 2 amide bonds. The SMILES string of the molecule is Cc1cc(N2C(=O)[C@@H]3C4c5ccccc5C(C=O)(c5ccccc54)[C@H]3C2=O)c([N+](=O)[O-])cc1C. The zero-order chi connectivity index (χ0) is 23.9. The van der Waals surface area contributed by atoms with Crippen LogP contribution >= 0.6 is 0 Å². The van der Waals surface area contributed by atoms with Crippen molar-refractivity contribution in [1.29, 1.82) is 0 Å². The van der Waals surface area contributed by atoms with Crippen LogP contribution in [0.3, 0.4) is 0 Å². The molecular weight excluding hydrogens is 432 g/mol. The minimum atomic E-state index is -1.33. The normalized spacial score (nSPS) is 26.2. The summed E-state index contributed by atoms with van der Waals surface area (Å²) in [6, 6.07) is 17.8. The van der Waals surface area contributed by atoms with Gasteiger partial charge in [-0.2, -0.15) is 0 Å². The molecule has 0 radical (unpaired) electrons. The van der Waals surface area contributed by atoms with Gasteiger partial charge < -0.3 is 4.79 Å². The predicted molar refractivity (Wildman–Crippen MR) is 124 cm³/mol. The van der Waals surface area contributed by atoms with Crippen molar-refractivity contribution >= 4 is 29.5 Å². The van der Waals surface area contributed by atoms with Crippen molar-refractivity contribution in [2.45, 2.75) is 25.2 Å². The number of hydrogen-bond acceptors (Lipinski definition) is 5. The van der Waals surface area contributed by atoms with Gasteiger partial charge in [-0.1, -0.05) is 48.5 Å². The van der Waals surface area contributed by atoms with Crippen molar-refractivity contribution < 1.29 is 19.3 Å². The predicted octanol–water partition coefficient (Wildman–Crippen LogP) is 3.96. The molecule has 1 aliphatic heterocycles. The third-order valence-electron chi connectivity index (χ3n) is 7.90. The van der Waals surface area contributed by atoms with Gasteiger partial charge in [-0.25, -0.2) is 4.90 Å². The second-order valence-electron chi connectivity index (χ2n) is 9.34. The van der Waals surface area contributed by atoms with Crippen molar-refractivity contribution in [3.8, 4) is 0 Å². The summed E-state index contributed by atoms with van der Waals surface area (Å²) in [6.45, 7) is 3.53. The summed E-state index contributed by atoms with van der Waals surface area (Å²) in [5.41, 5.74) is 2.92. The van der Waals surface area contributed by atoms with E-state index in [1.165, 1.54) is 12.1 Å². The van der Waals surface area contributed by atoms with Crippen molar-refractivity contribution in [1.82, 2.24) is 0 Å². The Balaban J connectivity index is 1.64. The summed E-state index contributed by atoms with van der Waals surface area (Å²) in [7, 11) is 0. The monoisotopic (exact) mass is 452 g/mol. The van der Waals surface area contributed by atoms with Crippen LogP contribution in [0.5, 0.6) is 0 Å². The number of amides is 2. The number of carbonyl (C=O) groups excluding carboxylic acids is 3. The van der Waals surface area contributed by atoms with Gasteiger partial charge in [0.1, 0.15) is 12.0 Å². The number of benzene rings is 3. The Hall–Kier alpha value is -4.13. The molecule has 0 N–H and O–H groups in total. The number of carbonyl (C=O) groups is 3. The second-order valence-corrected chi connectivity index (χ2v) is 9.34. The van der Waals surface area contributed by atoms with Gasteiger partial charge in [0, 0.05) is 12.0 Å². The van der Waals surface area contributed by atoms with E-state index in [9.17, 15) is 24.5 Å². The van der Waals surface area contributed by atoms with Gasteiger partial charge in [0.25, 0.3) is 5.69 Å². The number of nitrogens with zero attached hydrogens (tertiary/aromatic N) is 2. The molecule has 0 saturated carbocycles. The number of nitro groups is 1. The molecule has 0 unspecified atom stereocenters. The van der Waals surface area contributed by atoms with E-state index in [1.54, 1.807) is 13.8 Å². The Morgan fingerprint density at radius 1 is 0.912 bits per heavy atom. The lowest BCUT2D eigenvalue weighted by Gasteiger charge is -2.51. The fourth-order valence-corrected chi connectivity index (χ4v) is 6.38. The number of aldehydes is 1. The summed E-state index contributed by atoms with van der Waals surface area (Å²) in [6.07, 6.45) is 0.793. The average molecular weight is 452 g/mol. The van der Waals surface area contributed by atoms with Crippen LogP contribution in [0, 0.1) is 35.8 Å². The van der Waals surface area contributed by atoms with Crippen LogP contribution in [0.4, 0.5) is 11.4 Å². The molecule has 3 aromatic carbocycles. The molecule has 1 heterocycles. The molecule has 34 heavy (non-hydrogen) atoms. The third-order valence-corrected chi connectivity index (χ3v) is 7.90. The summed E-state index contributed by atoms with van der Waals surface area (Å²) >= 11 is 0. The summed E-state index contributed by atoms with van der Waals surface area (Å²) in [4.78, 5) is 53.2. The van der Waals surface area contributed by atoms with Crippen molar-refractivity contribution in [3.05, 3.63) is 104 Å². The first kappa shape index (κ1) is 20.5. The molecule has 7 heteroatoms. The van der Waals surface area contributed by atoms with Crippen LogP contribution in [0.2, 0.25) is 0 Å². The van der Waals surface area contributed by atoms with Gasteiger partial charge in [0.2, 0.25) is 11.8 Å². The molecule has 0 spiro atoms. The molecule has 168 valence electrons. The van der Waals surface area contributed by atoms with E-state index in [-0.39, 0.29) is 11.4 Å². The van der Waals surface area contributed by atoms with Gasteiger partial charge in [-0.15, -0.1) is 0 Å². The van der Waals surface area contributed by atoms with Crippen LogP contribution in [0.15, 0.2) is 60.7 Å². The number of aryl methyl sites for hydroxylation is 2.